The lowest BCUT2D eigenvalue weighted by Crippen LogP contribution is -2.17. The molecule has 1 unspecified atom stereocenters. The molecule has 1 aromatic rings. The Bertz CT molecular complexity index is 326. The molecular formula is C10H11ClN2O. The van der Waals surface area contributed by atoms with Gasteiger partial charge >= 0.3 is 0 Å². The maximum absolute atomic E-state index is 10.6. The Hall–Kier alpha value is -1.35. The molecule has 2 rings (SSSR count). The highest BCUT2D eigenvalue weighted by Gasteiger charge is 2.21. The molecule has 0 radical (unpaired) electrons. The normalized spacial score (nSPS) is 19.1. The molecule has 1 aliphatic rings. The molecule has 1 aromatic carbocycles. The topological polar surface area (TPSA) is 32.7 Å². The SMILES string of the molecule is Cl.O=CN1N=CCC1c1ccccc1. The lowest BCUT2D eigenvalue weighted by Gasteiger charge is -2.16. The predicted octanol–water partition coefficient (Wildman–Crippen LogP) is 2.00. The Balaban J connectivity index is 0.000000980. The molecule has 0 N–H and O–H groups in total. The van der Waals surface area contributed by atoms with Crippen molar-refractivity contribution in [3.8, 4) is 0 Å². The summed E-state index contributed by atoms with van der Waals surface area (Å²) in [4.78, 5) is 10.6. The van der Waals surface area contributed by atoms with Crippen LogP contribution in [-0.2, 0) is 4.79 Å². The van der Waals surface area contributed by atoms with Crippen LogP contribution in [0.1, 0.15) is 18.0 Å². The van der Waals surface area contributed by atoms with Crippen molar-refractivity contribution in [2.24, 2.45) is 5.10 Å². The standard InChI is InChI=1S/C10H10N2O.ClH/c13-8-12-10(6-7-11-12)9-4-2-1-3-5-9;/h1-5,7-8,10H,6H2;1H. The zero-order valence-corrected chi connectivity index (χ0v) is 8.35. The second-order valence-corrected chi connectivity index (χ2v) is 2.95. The lowest BCUT2D eigenvalue weighted by molar-refractivity contribution is -0.119. The van der Waals surface area contributed by atoms with Gasteiger partial charge in [0, 0.05) is 12.6 Å². The number of halogens is 1. The summed E-state index contributed by atoms with van der Waals surface area (Å²) in [5.74, 6) is 0. The number of hydrazone groups is 1. The van der Waals surface area contributed by atoms with Crippen molar-refractivity contribution in [3.05, 3.63) is 35.9 Å². The maximum atomic E-state index is 10.6. The third-order valence-electron chi connectivity index (χ3n) is 2.16. The molecule has 4 heteroatoms. The van der Waals surface area contributed by atoms with Crippen LogP contribution in [0, 0.1) is 0 Å². The van der Waals surface area contributed by atoms with Crippen LogP contribution in [0.25, 0.3) is 0 Å². The molecule has 0 saturated carbocycles. The molecule has 1 aliphatic heterocycles. The van der Waals surface area contributed by atoms with Crippen molar-refractivity contribution in [1.29, 1.82) is 0 Å². The maximum Gasteiger partial charge on any atom is 0.230 e. The first-order valence-corrected chi connectivity index (χ1v) is 4.23. The first kappa shape index (κ1) is 10.7. The Labute approximate surface area is 88.8 Å². The van der Waals surface area contributed by atoms with E-state index in [0.29, 0.717) is 0 Å². The minimum absolute atomic E-state index is 0. The molecule has 1 heterocycles. The van der Waals surface area contributed by atoms with E-state index in [9.17, 15) is 4.79 Å². The fourth-order valence-electron chi connectivity index (χ4n) is 1.49. The second-order valence-electron chi connectivity index (χ2n) is 2.95. The first-order valence-electron chi connectivity index (χ1n) is 4.23. The molecular weight excluding hydrogens is 200 g/mol. The summed E-state index contributed by atoms with van der Waals surface area (Å²) in [5.41, 5.74) is 1.13. The van der Waals surface area contributed by atoms with Gasteiger partial charge in [0.1, 0.15) is 0 Å². The Kier molecular flexibility index (Phi) is 3.65. The van der Waals surface area contributed by atoms with E-state index in [2.05, 4.69) is 5.10 Å². The average molecular weight is 211 g/mol. The van der Waals surface area contributed by atoms with Crippen LogP contribution in [0.4, 0.5) is 0 Å². The number of carbonyl (C=O) groups excluding carboxylic acids is 1. The molecule has 14 heavy (non-hydrogen) atoms. The van der Waals surface area contributed by atoms with E-state index in [0.717, 1.165) is 18.4 Å². The Morgan fingerprint density at radius 2 is 2.07 bits per heavy atom. The van der Waals surface area contributed by atoms with Crippen LogP contribution in [0.2, 0.25) is 0 Å². The number of benzene rings is 1. The summed E-state index contributed by atoms with van der Waals surface area (Å²) in [6.07, 6.45) is 3.34. The molecule has 74 valence electrons. The molecule has 1 amide bonds. The first-order chi connectivity index (χ1) is 6.42. The van der Waals surface area contributed by atoms with E-state index in [1.807, 2.05) is 30.3 Å². The smallest absolute Gasteiger partial charge is 0.230 e. The highest BCUT2D eigenvalue weighted by molar-refractivity contribution is 5.85. The number of amides is 1. The van der Waals surface area contributed by atoms with Gasteiger partial charge in [-0.3, -0.25) is 4.79 Å². The third kappa shape index (κ3) is 1.93. The number of carbonyl (C=O) groups is 1. The van der Waals surface area contributed by atoms with Gasteiger partial charge in [-0.2, -0.15) is 5.10 Å². The quantitative estimate of drug-likeness (QED) is 0.688. The van der Waals surface area contributed by atoms with E-state index in [4.69, 9.17) is 0 Å². The van der Waals surface area contributed by atoms with E-state index in [1.165, 1.54) is 5.01 Å². The van der Waals surface area contributed by atoms with Gasteiger partial charge in [0.2, 0.25) is 6.41 Å². The van der Waals surface area contributed by atoms with E-state index >= 15 is 0 Å². The van der Waals surface area contributed by atoms with Gasteiger partial charge in [-0.1, -0.05) is 30.3 Å². The van der Waals surface area contributed by atoms with E-state index < -0.39 is 0 Å². The minimum atomic E-state index is 0. The van der Waals surface area contributed by atoms with Crippen molar-refractivity contribution in [3.63, 3.8) is 0 Å². The number of nitrogens with zero attached hydrogens (tertiary/aromatic N) is 2. The van der Waals surface area contributed by atoms with Gasteiger partial charge in [-0.05, 0) is 5.56 Å². The fraction of sp³-hybridized carbons (Fsp3) is 0.200. The van der Waals surface area contributed by atoms with Crippen LogP contribution in [0.3, 0.4) is 0 Å². The van der Waals surface area contributed by atoms with Crippen molar-refractivity contribution in [2.45, 2.75) is 12.5 Å². The zero-order valence-electron chi connectivity index (χ0n) is 7.54. The summed E-state index contributed by atoms with van der Waals surface area (Å²) in [5, 5.41) is 5.41. The molecule has 0 saturated heterocycles. The molecule has 0 aliphatic carbocycles. The number of hydrogen-bond donors (Lipinski definition) is 0. The van der Waals surface area contributed by atoms with Gasteiger partial charge < -0.3 is 0 Å². The van der Waals surface area contributed by atoms with Crippen LogP contribution in [-0.4, -0.2) is 17.6 Å². The summed E-state index contributed by atoms with van der Waals surface area (Å²) < 4.78 is 0. The number of rotatable bonds is 2. The summed E-state index contributed by atoms with van der Waals surface area (Å²) in [6.45, 7) is 0. The zero-order chi connectivity index (χ0) is 9.10. The van der Waals surface area contributed by atoms with E-state index in [-0.39, 0.29) is 18.4 Å². The predicted molar refractivity (Wildman–Crippen MR) is 57.4 cm³/mol. The summed E-state index contributed by atoms with van der Waals surface area (Å²) in [7, 11) is 0. The molecule has 3 nitrogen and oxygen atoms in total. The Morgan fingerprint density at radius 1 is 1.36 bits per heavy atom. The van der Waals surface area contributed by atoms with Gasteiger partial charge in [-0.15, -0.1) is 12.4 Å². The Morgan fingerprint density at radius 3 is 2.71 bits per heavy atom. The van der Waals surface area contributed by atoms with Crippen molar-refractivity contribution >= 4 is 25.0 Å². The van der Waals surface area contributed by atoms with Crippen LogP contribution in [0.15, 0.2) is 35.4 Å². The van der Waals surface area contributed by atoms with Crippen LogP contribution >= 0.6 is 12.4 Å². The third-order valence-corrected chi connectivity index (χ3v) is 2.16. The van der Waals surface area contributed by atoms with Crippen LogP contribution < -0.4 is 0 Å². The van der Waals surface area contributed by atoms with Crippen molar-refractivity contribution in [2.75, 3.05) is 0 Å². The van der Waals surface area contributed by atoms with Gasteiger partial charge in [0.05, 0.1) is 6.04 Å². The highest BCUT2D eigenvalue weighted by Crippen LogP contribution is 2.25. The summed E-state index contributed by atoms with van der Waals surface area (Å²) in [6, 6.07) is 10.0. The molecule has 0 fully saturated rings. The molecule has 0 spiro atoms. The molecule has 0 aromatic heterocycles. The second kappa shape index (κ2) is 4.77. The molecule has 0 bridgehead atoms. The monoisotopic (exact) mass is 210 g/mol. The van der Waals surface area contributed by atoms with Gasteiger partial charge in [-0.25, -0.2) is 5.01 Å². The number of hydrogen-bond acceptors (Lipinski definition) is 2. The summed E-state index contributed by atoms with van der Waals surface area (Å²) >= 11 is 0. The molecule has 1 atom stereocenters. The van der Waals surface area contributed by atoms with Crippen molar-refractivity contribution in [1.82, 2.24) is 5.01 Å². The van der Waals surface area contributed by atoms with Gasteiger partial charge in [0.25, 0.3) is 0 Å². The lowest BCUT2D eigenvalue weighted by atomic mass is 10.1. The highest BCUT2D eigenvalue weighted by atomic mass is 35.5. The largest absolute Gasteiger partial charge is 0.277 e. The van der Waals surface area contributed by atoms with Gasteiger partial charge in [0.15, 0.2) is 0 Å². The minimum Gasteiger partial charge on any atom is -0.277 e. The van der Waals surface area contributed by atoms with Crippen LogP contribution in [0.5, 0.6) is 0 Å². The van der Waals surface area contributed by atoms with E-state index in [1.54, 1.807) is 6.21 Å². The average Bonchev–Trinajstić information content (AvgIpc) is 2.67. The fourth-order valence-corrected chi connectivity index (χ4v) is 1.49. The van der Waals surface area contributed by atoms with Crippen molar-refractivity contribution < 1.29 is 4.79 Å².